The standard InChI is InChI=1S/C24H18ClN3O6S/c1-2-14-3-5-15(6-4-14)26-22(29)13-27-23(30)21(35-24(27)31)12-17-8-10-20(34-17)18-11-16(28(32)33)7-9-19(18)25/h3-12H,2,13H2,1H3,(H,26,29)/b21-12+. The molecule has 35 heavy (non-hydrogen) atoms. The molecule has 3 aromatic rings. The van der Waals surface area contributed by atoms with Crippen LogP contribution in [-0.4, -0.2) is 33.4 Å². The van der Waals surface area contributed by atoms with Gasteiger partial charge in [0.15, 0.2) is 0 Å². The molecule has 0 aliphatic carbocycles. The number of nitro groups is 1. The average molecular weight is 512 g/mol. The number of nitrogens with zero attached hydrogens (tertiary/aromatic N) is 2. The van der Waals surface area contributed by atoms with Gasteiger partial charge in [-0.2, -0.15) is 0 Å². The van der Waals surface area contributed by atoms with Gasteiger partial charge < -0.3 is 9.73 Å². The van der Waals surface area contributed by atoms with Gasteiger partial charge in [-0.3, -0.25) is 29.4 Å². The lowest BCUT2D eigenvalue weighted by atomic mass is 10.1. The van der Waals surface area contributed by atoms with E-state index in [0.29, 0.717) is 23.0 Å². The fraction of sp³-hybridized carbons (Fsp3) is 0.125. The third-order valence-corrected chi connectivity index (χ3v) is 6.38. The molecule has 3 amide bonds. The molecule has 0 radical (unpaired) electrons. The van der Waals surface area contributed by atoms with E-state index >= 15 is 0 Å². The number of rotatable bonds is 7. The molecule has 0 unspecified atom stereocenters. The van der Waals surface area contributed by atoms with Crippen LogP contribution in [0.2, 0.25) is 5.02 Å². The van der Waals surface area contributed by atoms with E-state index in [4.69, 9.17) is 16.0 Å². The molecule has 1 fully saturated rings. The highest BCUT2D eigenvalue weighted by molar-refractivity contribution is 8.18. The highest BCUT2D eigenvalue weighted by Gasteiger charge is 2.36. The molecule has 1 aliphatic rings. The Hall–Kier alpha value is -3.89. The maximum Gasteiger partial charge on any atom is 0.294 e. The van der Waals surface area contributed by atoms with E-state index in [1.54, 1.807) is 24.3 Å². The van der Waals surface area contributed by atoms with Crippen molar-refractivity contribution in [2.45, 2.75) is 13.3 Å². The minimum absolute atomic E-state index is 0.0844. The summed E-state index contributed by atoms with van der Waals surface area (Å²) >= 11 is 6.84. The van der Waals surface area contributed by atoms with Gasteiger partial charge in [-0.25, -0.2) is 0 Å². The third-order valence-electron chi connectivity index (χ3n) is 5.15. The van der Waals surface area contributed by atoms with Crippen LogP contribution in [0, 0.1) is 10.1 Å². The number of amides is 3. The van der Waals surface area contributed by atoms with Crippen molar-refractivity contribution in [2.24, 2.45) is 0 Å². The van der Waals surface area contributed by atoms with Crippen molar-refractivity contribution < 1.29 is 23.7 Å². The molecule has 178 valence electrons. The summed E-state index contributed by atoms with van der Waals surface area (Å²) in [5, 5.41) is 13.4. The van der Waals surface area contributed by atoms with E-state index < -0.39 is 28.5 Å². The Balaban J connectivity index is 1.46. The average Bonchev–Trinajstić information content (AvgIpc) is 3.40. The Morgan fingerprint density at radius 1 is 1.17 bits per heavy atom. The van der Waals surface area contributed by atoms with Crippen LogP contribution in [0.4, 0.5) is 16.2 Å². The van der Waals surface area contributed by atoms with Crippen LogP contribution in [0.25, 0.3) is 17.4 Å². The van der Waals surface area contributed by atoms with Gasteiger partial charge in [0, 0.05) is 29.5 Å². The Bertz CT molecular complexity index is 1370. The van der Waals surface area contributed by atoms with Crippen molar-refractivity contribution in [3.63, 3.8) is 0 Å². The number of anilines is 1. The smallest absolute Gasteiger partial charge is 0.294 e. The molecule has 9 nitrogen and oxygen atoms in total. The molecule has 0 bridgehead atoms. The third kappa shape index (κ3) is 5.44. The predicted molar refractivity (Wildman–Crippen MR) is 133 cm³/mol. The van der Waals surface area contributed by atoms with Crippen LogP contribution in [0.1, 0.15) is 18.2 Å². The first kappa shape index (κ1) is 24.2. The van der Waals surface area contributed by atoms with Gasteiger partial charge in [0.1, 0.15) is 18.1 Å². The molecule has 4 rings (SSSR count). The van der Waals surface area contributed by atoms with E-state index in [-0.39, 0.29) is 27.1 Å². The molecule has 0 atom stereocenters. The molecular weight excluding hydrogens is 494 g/mol. The Kier molecular flexibility index (Phi) is 7.04. The maximum atomic E-state index is 12.7. The zero-order valence-corrected chi connectivity index (χ0v) is 19.9. The number of hydrogen-bond acceptors (Lipinski definition) is 7. The molecule has 1 saturated heterocycles. The van der Waals surface area contributed by atoms with Crippen LogP contribution < -0.4 is 5.32 Å². The number of non-ortho nitro benzene ring substituents is 1. The van der Waals surface area contributed by atoms with E-state index in [2.05, 4.69) is 5.32 Å². The summed E-state index contributed by atoms with van der Waals surface area (Å²) in [5.41, 5.74) is 1.85. The number of benzene rings is 2. The minimum Gasteiger partial charge on any atom is -0.457 e. The summed E-state index contributed by atoms with van der Waals surface area (Å²) in [6, 6.07) is 14.3. The van der Waals surface area contributed by atoms with E-state index in [0.717, 1.165) is 16.9 Å². The van der Waals surface area contributed by atoms with Crippen LogP contribution in [0.3, 0.4) is 0 Å². The number of thioether (sulfide) groups is 1. The molecule has 1 aliphatic heterocycles. The summed E-state index contributed by atoms with van der Waals surface area (Å²) in [4.78, 5) is 48.9. The first-order valence-electron chi connectivity index (χ1n) is 10.4. The topological polar surface area (TPSA) is 123 Å². The lowest BCUT2D eigenvalue weighted by molar-refractivity contribution is -0.384. The molecule has 0 saturated carbocycles. The number of carbonyl (C=O) groups is 3. The van der Waals surface area contributed by atoms with E-state index in [9.17, 15) is 24.5 Å². The summed E-state index contributed by atoms with van der Waals surface area (Å²) in [5.74, 6) is -0.618. The molecule has 2 heterocycles. The Labute approximate surface area is 208 Å². The number of halogens is 1. The van der Waals surface area contributed by atoms with Crippen molar-refractivity contribution in [3.05, 3.63) is 86.0 Å². The molecular formula is C24H18ClN3O6S. The molecule has 1 aromatic heterocycles. The Morgan fingerprint density at radius 3 is 2.60 bits per heavy atom. The predicted octanol–water partition coefficient (Wildman–Crippen LogP) is 5.75. The van der Waals surface area contributed by atoms with Gasteiger partial charge in [-0.05, 0) is 54.1 Å². The largest absolute Gasteiger partial charge is 0.457 e. The zero-order valence-electron chi connectivity index (χ0n) is 18.3. The second kappa shape index (κ2) is 10.2. The second-order valence-electron chi connectivity index (χ2n) is 7.49. The highest BCUT2D eigenvalue weighted by atomic mass is 35.5. The SMILES string of the molecule is CCc1ccc(NC(=O)CN2C(=O)S/C(=C/c3ccc(-c4cc([N+](=O)[O-])ccc4Cl)o3)C2=O)cc1. The molecule has 1 N–H and O–H groups in total. The van der Waals surface area contributed by atoms with Crippen molar-refractivity contribution in [2.75, 3.05) is 11.9 Å². The molecule has 11 heteroatoms. The summed E-state index contributed by atoms with van der Waals surface area (Å²) in [6.07, 6.45) is 2.24. The van der Waals surface area contributed by atoms with Gasteiger partial charge in [0.05, 0.1) is 14.9 Å². The number of carbonyl (C=O) groups excluding carboxylic acids is 3. The lowest BCUT2D eigenvalue weighted by Gasteiger charge is -2.12. The zero-order chi connectivity index (χ0) is 25.1. The molecule has 2 aromatic carbocycles. The van der Waals surface area contributed by atoms with Crippen molar-refractivity contribution in [3.8, 4) is 11.3 Å². The van der Waals surface area contributed by atoms with Crippen LogP contribution in [0.15, 0.2) is 63.9 Å². The van der Waals surface area contributed by atoms with Gasteiger partial charge in [-0.1, -0.05) is 30.7 Å². The van der Waals surface area contributed by atoms with Crippen molar-refractivity contribution in [1.29, 1.82) is 0 Å². The van der Waals surface area contributed by atoms with Crippen LogP contribution >= 0.6 is 23.4 Å². The fourth-order valence-electron chi connectivity index (χ4n) is 3.32. The molecule has 0 spiro atoms. The van der Waals surface area contributed by atoms with Gasteiger partial charge in [-0.15, -0.1) is 0 Å². The van der Waals surface area contributed by atoms with Gasteiger partial charge in [0.25, 0.3) is 16.8 Å². The Morgan fingerprint density at radius 2 is 1.91 bits per heavy atom. The number of imide groups is 1. The summed E-state index contributed by atoms with van der Waals surface area (Å²) < 4.78 is 5.69. The van der Waals surface area contributed by atoms with Crippen LogP contribution in [-0.2, 0) is 16.0 Å². The first-order chi connectivity index (χ1) is 16.7. The summed E-state index contributed by atoms with van der Waals surface area (Å²) in [7, 11) is 0. The lowest BCUT2D eigenvalue weighted by Crippen LogP contribution is -2.36. The number of aryl methyl sites for hydroxylation is 1. The van der Waals surface area contributed by atoms with Gasteiger partial charge >= 0.3 is 0 Å². The monoisotopic (exact) mass is 511 g/mol. The summed E-state index contributed by atoms with van der Waals surface area (Å²) in [6.45, 7) is 1.59. The minimum atomic E-state index is -0.622. The number of hydrogen-bond donors (Lipinski definition) is 1. The van der Waals surface area contributed by atoms with Crippen molar-refractivity contribution in [1.82, 2.24) is 4.90 Å². The number of nitrogens with one attached hydrogen (secondary N) is 1. The van der Waals surface area contributed by atoms with E-state index in [1.807, 2.05) is 19.1 Å². The fourth-order valence-corrected chi connectivity index (χ4v) is 4.35. The normalized spacial score (nSPS) is 14.6. The maximum absolute atomic E-state index is 12.7. The number of furan rings is 1. The second-order valence-corrected chi connectivity index (χ2v) is 8.89. The van der Waals surface area contributed by atoms with E-state index in [1.165, 1.54) is 24.3 Å². The number of nitro benzene ring substituents is 1. The van der Waals surface area contributed by atoms with Gasteiger partial charge in [0.2, 0.25) is 5.91 Å². The van der Waals surface area contributed by atoms with Crippen LogP contribution in [0.5, 0.6) is 0 Å². The first-order valence-corrected chi connectivity index (χ1v) is 11.6. The highest BCUT2D eigenvalue weighted by Crippen LogP contribution is 2.35. The quantitative estimate of drug-likeness (QED) is 0.243. The van der Waals surface area contributed by atoms with Crippen molar-refractivity contribution >= 4 is 57.9 Å².